The van der Waals surface area contributed by atoms with Crippen LogP contribution in [0, 0.1) is 12.8 Å². The molecule has 1 aliphatic rings. The molecule has 1 fully saturated rings. The standard InChI is InChI=1S/C14H20N2O2/c1-10-4-6-16(7-5-10)13-8-11(2)15(3)14(18)12(13)9-17/h8-10H,4-7H2,1-3H3. The molecular weight excluding hydrogens is 228 g/mol. The smallest absolute Gasteiger partial charge is 0.263 e. The molecule has 1 aromatic rings. The SMILES string of the molecule is Cc1cc(N2CCC(C)CC2)c(C=O)c(=O)n1C. The fraction of sp³-hybridized carbons (Fsp3) is 0.571. The number of anilines is 1. The second-order valence-electron chi connectivity index (χ2n) is 5.24. The highest BCUT2D eigenvalue weighted by molar-refractivity contribution is 5.84. The molecule has 98 valence electrons. The zero-order valence-corrected chi connectivity index (χ0v) is 11.3. The number of aryl methyl sites for hydroxylation is 1. The highest BCUT2D eigenvalue weighted by Crippen LogP contribution is 2.24. The lowest BCUT2D eigenvalue weighted by Crippen LogP contribution is -2.36. The fourth-order valence-corrected chi connectivity index (χ4v) is 2.44. The summed E-state index contributed by atoms with van der Waals surface area (Å²) in [5.41, 5.74) is 1.79. The largest absolute Gasteiger partial charge is 0.371 e. The monoisotopic (exact) mass is 248 g/mol. The third-order valence-electron chi connectivity index (χ3n) is 3.93. The van der Waals surface area contributed by atoms with Crippen LogP contribution in [-0.4, -0.2) is 23.9 Å². The summed E-state index contributed by atoms with van der Waals surface area (Å²) in [5.74, 6) is 0.730. The van der Waals surface area contributed by atoms with Crippen LogP contribution in [0.15, 0.2) is 10.9 Å². The number of aldehydes is 1. The van der Waals surface area contributed by atoms with Crippen LogP contribution in [0.4, 0.5) is 5.69 Å². The van der Waals surface area contributed by atoms with Crippen LogP contribution in [0.2, 0.25) is 0 Å². The van der Waals surface area contributed by atoms with Crippen LogP contribution in [0.1, 0.15) is 35.8 Å². The second-order valence-corrected chi connectivity index (χ2v) is 5.24. The number of aromatic nitrogens is 1. The van der Waals surface area contributed by atoms with Gasteiger partial charge in [0.05, 0.1) is 5.69 Å². The van der Waals surface area contributed by atoms with Crippen LogP contribution in [0.25, 0.3) is 0 Å². The number of carbonyl (C=O) groups excluding carboxylic acids is 1. The van der Waals surface area contributed by atoms with E-state index < -0.39 is 0 Å². The normalized spacial score (nSPS) is 16.9. The lowest BCUT2D eigenvalue weighted by Gasteiger charge is -2.33. The Morgan fingerprint density at radius 2 is 1.94 bits per heavy atom. The molecule has 4 heteroatoms. The van der Waals surface area contributed by atoms with Crippen LogP contribution >= 0.6 is 0 Å². The van der Waals surface area contributed by atoms with E-state index in [1.165, 1.54) is 4.57 Å². The Balaban J connectivity index is 2.44. The molecule has 0 unspecified atom stereocenters. The molecule has 0 aromatic carbocycles. The molecule has 0 atom stereocenters. The van der Waals surface area contributed by atoms with Crippen LogP contribution in [0.3, 0.4) is 0 Å². The van der Waals surface area contributed by atoms with Crippen molar-refractivity contribution in [1.29, 1.82) is 0 Å². The number of hydrogen-bond donors (Lipinski definition) is 0. The van der Waals surface area contributed by atoms with E-state index in [4.69, 9.17) is 0 Å². The lowest BCUT2D eigenvalue weighted by atomic mass is 9.98. The molecule has 18 heavy (non-hydrogen) atoms. The molecule has 0 aliphatic carbocycles. The summed E-state index contributed by atoms with van der Waals surface area (Å²) < 4.78 is 1.53. The summed E-state index contributed by atoms with van der Waals surface area (Å²) >= 11 is 0. The van der Waals surface area contributed by atoms with Crippen molar-refractivity contribution in [2.24, 2.45) is 13.0 Å². The van der Waals surface area contributed by atoms with Crippen LogP contribution < -0.4 is 10.5 Å². The molecule has 0 N–H and O–H groups in total. The van der Waals surface area contributed by atoms with Gasteiger partial charge in [0.1, 0.15) is 5.56 Å². The Morgan fingerprint density at radius 1 is 1.33 bits per heavy atom. The van der Waals surface area contributed by atoms with Gasteiger partial charge in [0.15, 0.2) is 6.29 Å². The zero-order chi connectivity index (χ0) is 13.3. The van der Waals surface area contributed by atoms with Gasteiger partial charge in [-0.15, -0.1) is 0 Å². The molecule has 0 bridgehead atoms. The van der Waals surface area contributed by atoms with Crippen molar-refractivity contribution in [3.8, 4) is 0 Å². The molecule has 0 spiro atoms. The molecule has 0 saturated carbocycles. The minimum absolute atomic E-state index is 0.196. The Morgan fingerprint density at radius 3 is 2.50 bits per heavy atom. The van der Waals surface area contributed by atoms with E-state index in [1.807, 2.05) is 13.0 Å². The summed E-state index contributed by atoms with van der Waals surface area (Å²) in [4.78, 5) is 25.4. The van der Waals surface area contributed by atoms with Crippen molar-refractivity contribution in [3.63, 3.8) is 0 Å². The molecule has 2 heterocycles. The van der Waals surface area contributed by atoms with Crippen LogP contribution in [-0.2, 0) is 7.05 Å². The van der Waals surface area contributed by atoms with Gasteiger partial charge in [-0.25, -0.2) is 0 Å². The van der Waals surface area contributed by atoms with E-state index in [1.54, 1.807) is 7.05 Å². The highest BCUT2D eigenvalue weighted by Gasteiger charge is 2.20. The molecule has 1 aliphatic heterocycles. The first-order valence-corrected chi connectivity index (χ1v) is 6.45. The summed E-state index contributed by atoms with van der Waals surface area (Å²) in [6.45, 7) is 5.99. The Bertz CT molecular complexity index is 511. The van der Waals surface area contributed by atoms with Crippen molar-refractivity contribution < 1.29 is 4.79 Å². The molecule has 1 saturated heterocycles. The minimum Gasteiger partial charge on any atom is -0.371 e. The molecule has 1 aromatic heterocycles. The third-order valence-corrected chi connectivity index (χ3v) is 3.93. The average molecular weight is 248 g/mol. The molecule has 2 rings (SSSR count). The van der Waals surface area contributed by atoms with Gasteiger partial charge in [-0.3, -0.25) is 9.59 Å². The predicted molar refractivity (Wildman–Crippen MR) is 72.4 cm³/mol. The molecule has 0 amide bonds. The maximum absolute atomic E-state index is 12.1. The minimum atomic E-state index is -0.196. The number of pyridine rings is 1. The summed E-state index contributed by atoms with van der Waals surface area (Å²) in [6.07, 6.45) is 2.92. The predicted octanol–water partition coefficient (Wildman–Crippen LogP) is 1.74. The Labute approximate surface area is 107 Å². The van der Waals surface area contributed by atoms with E-state index in [9.17, 15) is 9.59 Å². The van der Waals surface area contributed by atoms with Crippen molar-refractivity contribution in [1.82, 2.24) is 4.57 Å². The van der Waals surface area contributed by atoms with Gasteiger partial charge in [-0.2, -0.15) is 0 Å². The van der Waals surface area contributed by atoms with Gasteiger partial charge in [0.2, 0.25) is 0 Å². The van der Waals surface area contributed by atoms with Crippen LogP contribution in [0.5, 0.6) is 0 Å². The van der Waals surface area contributed by atoms with E-state index >= 15 is 0 Å². The maximum Gasteiger partial charge on any atom is 0.263 e. The van der Waals surface area contributed by atoms with Gasteiger partial charge in [-0.1, -0.05) is 6.92 Å². The summed E-state index contributed by atoms with van der Waals surface area (Å²) in [6, 6.07) is 1.95. The third kappa shape index (κ3) is 2.19. The first-order valence-electron chi connectivity index (χ1n) is 6.45. The van der Waals surface area contributed by atoms with Gasteiger partial charge < -0.3 is 9.47 Å². The number of hydrogen-bond acceptors (Lipinski definition) is 3. The average Bonchev–Trinajstić information content (AvgIpc) is 2.37. The first-order chi connectivity index (χ1) is 8.54. The van der Waals surface area contributed by atoms with Gasteiger partial charge in [0.25, 0.3) is 5.56 Å². The molecule has 4 nitrogen and oxygen atoms in total. The van der Waals surface area contributed by atoms with E-state index in [0.29, 0.717) is 6.29 Å². The van der Waals surface area contributed by atoms with Gasteiger partial charge in [-0.05, 0) is 31.7 Å². The maximum atomic E-state index is 12.1. The van der Waals surface area contributed by atoms with Gasteiger partial charge in [0, 0.05) is 25.8 Å². The summed E-state index contributed by atoms with van der Waals surface area (Å²) in [7, 11) is 1.70. The molecular formula is C14H20N2O2. The quantitative estimate of drug-likeness (QED) is 0.749. The second kappa shape index (κ2) is 4.96. The summed E-state index contributed by atoms with van der Waals surface area (Å²) in [5, 5.41) is 0. The molecule has 0 radical (unpaired) electrons. The Kier molecular flexibility index (Phi) is 3.55. The number of carbonyl (C=O) groups is 1. The highest BCUT2D eigenvalue weighted by atomic mass is 16.1. The van der Waals surface area contributed by atoms with E-state index in [0.717, 1.165) is 43.2 Å². The number of piperidine rings is 1. The van der Waals surface area contributed by atoms with Crippen molar-refractivity contribution in [2.75, 3.05) is 18.0 Å². The number of rotatable bonds is 2. The van der Waals surface area contributed by atoms with Crippen molar-refractivity contribution in [2.45, 2.75) is 26.7 Å². The zero-order valence-electron chi connectivity index (χ0n) is 11.3. The van der Waals surface area contributed by atoms with E-state index in [-0.39, 0.29) is 11.1 Å². The van der Waals surface area contributed by atoms with Gasteiger partial charge >= 0.3 is 0 Å². The Hall–Kier alpha value is -1.58. The van der Waals surface area contributed by atoms with E-state index in [2.05, 4.69) is 11.8 Å². The first kappa shape index (κ1) is 12.9. The fourth-order valence-electron chi connectivity index (χ4n) is 2.44. The number of nitrogens with zero attached hydrogens (tertiary/aromatic N) is 2. The topological polar surface area (TPSA) is 42.3 Å². The lowest BCUT2D eigenvalue weighted by molar-refractivity contribution is 0.112. The van der Waals surface area contributed by atoms with Crippen molar-refractivity contribution >= 4 is 12.0 Å². The van der Waals surface area contributed by atoms with Crippen molar-refractivity contribution in [3.05, 3.63) is 27.7 Å².